The first-order chi connectivity index (χ1) is 65.2. The maximum atomic E-state index is 12.9. The summed E-state index contributed by atoms with van der Waals surface area (Å²) in [4.78, 5) is 126. The zero-order valence-corrected chi connectivity index (χ0v) is 74.5. The number of halogens is 2. The molecule has 33 nitrogen and oxygen atoms in total. The highest BCUT2D eigenvalue weighted by atomic mass is 35.5. The molecule has 702 valence electrons. The van der Waals surface area contributed by atoms with E-state index in [4.69, 9.17) is 73.2 Å². The number of Topliss-reactive ketones (excluding diaryl/α,β-unsaturated/α-hetero) is 4. The van der Waals surface area contributed by atoms with Crippen LogP contribution < -0.4 is 61.6 Å². The van der Waals surface area contributed by atoms with E-state index in [1.165, 1.54) is 123 Å². The summed E-state index contributed by atoms with van der Waals surface area (Å²) in [6.07, 6.45) is 11.4. The van der Waals surface area contributed by atoms with E-state index in [0.29, 0.717) is 50.8 Å². The van der Waals surface area contributed by atoms with Crippen molar-refractivity contribution in [2.24, 2.45) is 0 Å². The molecule has 0 amide bonds. The van der Waals surface area contributed by atoms with E-state index < -0.39 is 59.0 Å². The number of ketones is 4. The Kier molecular flexibility index (Phi) is 31.9. The van der Waals surface area contributed by atoms with Gasteiger partial charge in [0.25, 0.3) is 11.6 Å². The minimum atomic E-state index is -0.786. The molecule has 0 aliphatic carbocycles. The maximum absolute atomic E-state index is 12.9. The summed E-state index contributed by atoms with van der Waals surface area (Å²) in [5.41, 5.74) is 8.29. The van der Waals surface area contributed by atoms with Crippen molar-refractivity contribution in [3.63, 3.8) is 0 Å². The first-order valence-electron chi connectivity index (χ1n) is 41.2. The number of ether oxygens (including phenoxy) is 13. The van der Waals surface area contributed by atoms with E-state index in [1.807, 2.05) is 82.3 Å². The van der Waals surface area contributed by atoms with Crippen molar-refractivity contribution in [1.82, 2.24) is 19.9 Å². The molecule has 4 aliphatic rings. The molecule has 5 N–H and O–H groups in total. The van der Waals surface area contributed by atoms with Crippen LogP contribution in [0.2, 0.25) is 5.02 Å². The van der Waals surface area contributed by atoms with Crippen LogP contribution in [-0.4, -0.2) is 133 Å². The Morgan fingerprint density at radius 3 is 0.949 bits per heavy atom. The van der Waals surface area contributed by atoms with E-state index in [0.717, 1.165) is 81.2 Å². The van der Waals surface area contributed by atoms with Gasteiger partial charge in [0, 0.05) is 85.1 Å². The number of nitro groups is 1. The summed E-state index contributed by atoms with van der Waals surface area (Å²) in [7, 11) is 7.62. The molecule has 0 saturated heterocycles. The summed E-state index contributed by atoms with van der Waals surface area (Å²) in [6.45, 7) is 7.63. The smallest absolute Gasteiger partial charge is 0.336 e. The third kappa shape index (κ3) is 24.7. The van der Waals surface area contributed by atoms with Crippen molar-refractivity contribution in [2.75, 3.05) is 35.5 Å². The third-order valence-corrected chi connectivity index (χ3v) is 21.3. The molecular weight excluding hydrogens is 1800 g/mol. The predicted octanol–water partition coefficient (Wildman–Crippen LogP) is 18.8. The molecule has 0 unspecified atom stereocenters. The summed E-state index contributed by atoms with van der Waals surface area (Å²) < 4.78 is 84.3. The lowest BCUT2D eigenvalue weighted by Gasteiger charge is -2.26. The van der Waals surface area contributed by atoms with Crippen LogP contribution in [-0.2, 0) is 19.2 Å². The number of carbonyl (C=O) groups excluding carboxylic acids is 8. The van der Waals surface area contributed by atoms with Gasteiger partial charge in [-0.25, -0.2) is 33.5 Å². The van der Waals surface area contributed by atoms with Crippen molar-refractivity contribution in [1.29, 1.82) is 0 Å². The van der Waals surface area contributed by atoms with Crippen LogP contribution in [0, 0.1) is 43.6 Å². The zero-order chi connectivity index (χ0) is 97.3. The largest absolute Gasteiger partial charge is 0.507 e. The molecular formula is C102H87ClFN5O28. The van der Waals surface area contributed by atoms with Crippen molar-refractivity contribution in [2.45, 2.75) is 85.2 Å². The zero-order valence-electron chi connectivity index (χ0n) is 73.8. The Hall–Kier alpha value is -17.3. The number of aromatic nitrogens is 4. The second kappa shape index (κ2) is 44.3. The van der Waals surface area contributed by atoms with Gasteiger partial charge in [-0.2, -0.15) is 0 Å². The maximum Gasteiger partial charge on any atom is 0.336 e. The van der Waals surface area contributed by atoms with E-state index in [-0.39, 0.29) is 165 Å². The van der Waals surface area contributed by atoms with Gasteiger partial charge in [-0.3, -0.25) is 39.3 Å². The molecule has 0 spiro atoms. The van der Waals surface area contributed by atoms with E-state index in [1.54, 1.807) is 58.8 Å². The topological polar surface area (TPSA) is 452 Å². The molecule has 4 atom stereocenters. The molecule has 35 heteroatoms. The molecule has 16 rings (SSSR count). The van der Waals surface area contributed by atoms with Gasteiger partial charge in [0.1, 0.15) is 151 Å². The Bertz CT molecular complexity index is 6600. The van der Waals surface area contributed by atoms with Gasteiger partial charge >= 0.3 is 23.9 Å². The lowest BCUT2D eigenvalue weighted by Crippen LogP contribution is -2.21. The number of hydrogen-bond donors (Lipinski definition) is 5. The Morgan fingerprint density at radius 2 is 0.679 bits per heavy atom. The number of esters is 4. The summed E-state index contributed by atoms with van der Waals surface area (Å²) in [5.74, 6) is -2.95. The number of aromatic hydroxyl groups is 5. The molecule has 0 bridgehead atoms. The second-order valence-electron chi connectivity index (χ2n) is 30.4. The Morgan fingerprint density at radius 1 is 0.387 bits per heavy atom. The monoisotopic (exact) mass is 1880 g/mol. The fourth-order valence-electron chi connectivity index (χ4n) is 14.3. The highest BCUT2D eigenvalue weighted by Crippen LogP contribution is 2.48. The molecule has 4 aromatic heterocycles. The Labute approximate surface area is 786 Å². The minimum Gasteiger partial charge on any atom is -0.507 e. The first kappa shape index (κ1) is 98.7. The van der Waals surface area contributed by atoms with Crippen molar-refractivity contribution in [3.05, 3.63) is 323 Å². The molecule has 0 saturated carbocycles. The van der Waals surface area contributed by atoms with Gasteiger partial charge < -0.3 is 87.1 Å². The van der Waals surface area contributed by atoms with Gasteiger partial charge in [-0.05, 0) is 163 Å². The lowest BCUT2D eigenvalue weighted by atomic mass is 9.95. The van der Waals surface area contributed by atoms with Gasteiger partial charge in [0.15, 0.2) is 28.9 Å². The number of carbonyl (C=O) groups is 8. The molecule has 0 fully saturated rings. The van der Waals surface area contributed by atoms with E-state index in [9.17, 15) is 78.4 Å². The summed E-state index contributed by atoms with van der Waals surface area (Å²) in [6, 6.07) is 43.8. The van der Waals surface area contributed by atoms with E-state index in [2.05, 4.69) is 19.9 Å². The number of benzene rings is 8. The highest BCUT2D eigenvalue weighted by Gasteiger charge is 2.37. The first-order valence-corrected chi connectivity index (χ1v) is 41.6. The fraction of sp³-hybridized carbons (Fsp3) is 0.176. The minimum absolute atomic E-state index is 0. The number of methoxy groups -OCH3 is 5. The molecule has 12 aromatic rings. The summed E-state index contributed by atoms with van der Waals surface area (Å²) >= 11 is 5.79. The summed E-state index contributed by atoms with van der Waals surface area (Å²) in [5, 5.41) is 62.3. The quantitative estimate of drug-likeness (QED) is 0.0138. The number of phenolic OH excluding ortho intramolecular Hbond substituents is 4. The van der Waals surface area contributed by atoms with Crippen LogP contribution in [0.25, 0.3) is 24.3 Å². The number of phenols is 4. The SMILES string of the molecule is C.COc1cc([C@@H]2CC(=O)c3c(O)cc(OC(=O)/C=C/c4ccc(Cl)cn4)cc3O2)ccc1C.COc1cc([C@@H]2CC(=O)c3c(O)cc(OC(=O)/C=C/c4ccc(F)cn4)cc3O2)ccc1C.COc1cc([C@@H]2CC(=O)c3c(O)cc(OC(=O)/C=C/c4ccc(O)c(OC)n4)cc3O2)ccc1C.COc1cc([C@@H]2CC(=O)c3c(O)cc(OC(=O)/C=C/c4ccc([N+](=O)[O-])cn4)cc3O2)ccc1C. The van der Waals surface area contributed by atoms with Gasteiger partial charge in [-0.1, -0.05) is 67.6 Å². The normalized spacial score (nSPS) is 14.9. The van der Waals surface area contributed by atoms with Gasteiger partial charge in [0.05, 0.1) is 100 Å². The third-order valence-electron chi connectivity index (χ3n) is 21.1. The van der Waals surface area contributed by atoms with Gasteiger partial charge in [0.2, 0.25) is 0 Å². The number of aryl methyl sites for hydroxylation is 4. The lowest BCUT2D eigenvalue weighted by molar-refractivity contribution is -0.385. The molecule has 137 heavy (non-hydrogen) atoms. The van der Waals surface area contributed by atoms with Crippen molar-refractivity contribution >= 4 is 88.6 Å². The number of hydrogen-bond acceptors (Lipinski definition) is 32. The van der Waals surface area contributed by atoms with Gasteiger partial charge in [-0.15, -0.1) is 0 Å². The Balaban J connectivity index is 0.000000164. The van der Waals surface area contributed by atoms with Crippen LogP contribution in [0.15, 0.2) is 213 Å². The number of pyridine rings is 4. The van der Waals surface area contributed by atoms with Crippen LogP contribution in [0.1, 0.15) is 166 Å². The second-order valence-corrected chi connectivity index (χ2v) is 30.8. The van der Waals surface area contributed by atoms with Crippen LogP contribution in [0.3, 0.4) is 0 Å². The number of nitrogens with zero attached hydrogens (tertiary/aromatic N) is 5. The highest BCUT2D eigenvalue weighted by molar-refractivity contribution is 6.30. The van der Waals surface area contributed by atoms with E-state index >= 15 is 0 Å². The molecule has 0 radical (unpaired) electrons. The fourth-order valence-corrected chi connectivity index (χ4v) is 14.4. The molecule has 8 heterocycles. The van der Waals surface area contributed by atoms with Crippen molar-refractivity contribution in [3.8, 4) is 104 Å². The number of fused-ring (bicyclic) bond motifs is 4. The molecule has 8 aromatic carbocycles. The molecule has 4 aliphatic heterocycles. The van der Waals surface area contributed by atoms with Crippen molar-refractivity contribution < 1.29 is 135 Å². The van der Waals surface area contributed by atoms with Crippen LogP contribution in [0.5, 0.6) is 104 Å². The van der Waals surface area contributed by atoms with Crippen LogP contribution >= 0.6 is 11.6 Å². The predicted molar refractivity (Wildman–Crippen MR) is 495 cm³/mol. The van der Waals surface area contributed by atoms with Crippen LogP contribution in [0.4, 0.5) is 10.1 Å². The number of rotatable bonds is 22. The average molecular weight is 1890 g/mol. The standard InChI is InChI=1S/C26H23NO8.C25H20ClNO6.C25H20FNO6.C25H20N2O8.CH4/c1-14-4-5-15(10-21(14)32-2)22-13-20(30)25-19(29)11-17(12-23(25)35-22)34-24(31)9-7-16-6-8-18(28)26(27-16)33-3;2*1-14-3-4-15(9-21(14)31-2)22-12-20(29)25-19(28)10-18(11-23(25)33-22)32-24(30)8-7-17-6-5-16(26)13-27-17;1-14-3-4-15(9-21(14)33-2)22-12-20(29)25-19(28)10-18(11-23(25)35-22)34-24(30)8-6-16-5-7-17(13-26-16)27(31)32;/h4-12,22,28-29H,13H2,1-3H3;2*3-11,13,22,28H,12H2,1-2H3;3-11,13,22,28H,12H2,1-2H3;1H4/b9-7+;2*8-7+;8-6+;/t4*22-;/m0000./s1. The average Bonchev–Trinajstić information content (AvgIpc) is 0.788.